The van der Waals surface area contributed by atoms with E-state index >= 15 is 0 Å². The maximum absolute atomic E-state index is 13.9. The Morgan fingerprint density at radius 3 is 2.38 bits per heavy atom. The molecule has 0 unspecified atom stereocenters. The van der Waals surface area contributed by atoms with Crippen LogP contribution >= 0.6 is 0 Å². The Labute approximate surface area is 198 Å². The first-order valence-electron chi connectivity index (χ1n) is 11.5. The van der Waals surface area contributed by atoms with E-state index in [0.717, 1.165) is 23.6 Å². The van der Waals surface area contributed by atoms with Crippen LogP contribution in [0.1, 0.15) is 29.7 Å². The van der Waals surface area contributed by atoms with E-state index < -0.39 is 23.8 Å². The first-order valence-corrected chi connectivity index (χ1v) is 11.5. The Morgan fingerprint density at radius 1 is 0.912 bits per heavy atom. The molecule has 4 aromatic rings. The Balaban J connectivity index is 1.57. The lowest BCUT2D eigenvalue weighted by molar-refractivity contribution is 0.110. The maximum atomic E-state index is 13.9. The van der Waals surface area contributed by atoms with Crippen LogP contribution < -0.4 is 5.32 Å². The van der Waals surface area contributed by atoms with Gasteiger partial charge in [-0.25, -0.2) is 13.8 Å². The Morgan fingerprint density at radius 2 is 1.65 bits per heavy atom. The lowest BCUT2D eigenvalue weighted by Crippen LogP contribution is -2.35. The van der Waals surface area contributed by atoms with Crippen molar-refractivity contribution in [2.75, 3.05) is 6.54 Å². The summed E-state index contributed by atoms with van der Waals surface area (Å²) in [7, 11) is 0. The number of benzene rings is 3. The third-order valence-corrected chi connectivity index (χ3v) is 5.95. The summed E-state index contributed by atoms with van der Waals surface area (Å²) in [6.45, 7) is 3.04. The number of aliphatic hydroxyl groups is 1. The smallest absolute Gasteiger partial charge is 0.140 e. The number of aliphatic hydroxyl groups excluding tert-OH is 1. The number of hydrogen-bond donors (Lipinski definition) is 2. The van der Waals surface area contributed by atoms with Gasteiger partial charge in [0.2, 0.25) is 0 Å². The van der Waals surface area contributed by atoms with Crippen molar-refractivity contribution in [2.24, 2.45) is 0 Å². The van der Waals surface area contributed by atoms with E-state index in [0.29, 0.717) is 24.5 Å². The lowest BCUT2D eigenvalue weighted by atomic mass is 9.99. The van der Waals surface area contributed by atoms with Gasteiger partial charge in [-0.2, -0.15) is 0 Å². The number of aryl methyl sites for hydroxylation is 1. The number of nitrogens with zero attached hydrogens (tertiary/aromatic N) is 2. The van der Waals surface area contributed by atoms with Crippen LogP contribution in [-0.2, 0) is 19.4 Å². The zero-order valence-electron chi connectivity index (χ0n) is 19.2. The summed E-state index contributed by atoms with van der Waals surface area (Å²) in [5, 5.41) is 14.6. The van der Waals surface area contributed by atoms with Crippen molar-refractivity contribution in [2.45, 2.75) is 38.5 Å². The summed E-state index contributed by atoms with van der Waals surface area (Å²) in [6.07, 6.45) is 3.87. The number of imidazole rings is 1. The van der Waals surface area contributed by atoms with Gasteiger partial charge in [0.15, 0.2) is 0 Å². The molecule has 1 heterocycles. The van der Waals surface area contributed by atoms with E-state index in [9.17, 15) is 13.9 Å². The van der Waals surface area contributed by atoms with Gasteiger partial charge in [0.1, 0.15) is 17.5 Å². The van der Waals surface area contributed by atoms with Crippen molar-refractivity contribution in [3.8, 4) is 11.4 Å². The van der Waals surface area contributed by atoms with Crippen molar-refractivity contribution in [1.29, 1.82) is 0 Å². The molecule has 0 saturated heterocycles. The molecule has 3 aromatic carbocycles. The van der Waals surface area contributed by atoms with E-state index in [-0.39, 0.29) is 6.42 Å². The van der Waals surface area contributed by atoms with E-state index in [1.165, 1.54) is 17.7 Å². The van der Waals surface area contributed by atoms with Gasteiger partial charge in [-0.1, -0.05) is 61.5 Å². The third kappa shape index (κ3) is 5.95. The fourth-order valence-electron chi connectivity index (χ4n) is 4.24. The van der Waals surface area contributed by atoms with E-state index in [2.05, 4.69) is 35.4 Å². The number of nitrogens with one attached hydrogen (secondary N) is 1. The van der Waals surface area contributed by atoms with Crippen LogP contribution in [0, 0.1) is 11.6 Å². The van der Waals surface area contributed by atoms with Crippen LogP contribution in [-0.4, -0.2) is 27.3 Å². The monoisotopic (exact) mass is 461 g/mol. The zero-order chi connectivity index (χ0) is 23.9. The van der Waals surface area contributed by atoms with Crippen LogP contribution in [0.4, 0.5) is 8.78 Å². The van der Waals surface area contributed by atoms with Crippen molar-refractivity contribution in [3.05, 3.63) is 114 Å². The molecule has 0 radical (unpaired) electrons. The molecular weight excluding hydrogens is 432 g/mol. The highest BCUT2D eigenvalue weighted by Gasteiger charge is 2.24. The van der Waals surface area contributed by atoms with Crippen LogP contribution in [0.25, 0.3) is 11.4 Å². The maximum Gasteiger partial charge on any atom is 0.140 e. The molecule has 2 N–H and O–H groups in total. The molecule has 0 aliphatic rings. The molecule has 34 heavy (non-hydrogen) atoms. The minimum absolute atomic E-state index is 0.249. The molecule has 2 atom stereocenters. The third-order valence-electron chi connectivity index (χ3n) is 5.95. The first kappa shape index (κ1) is 23.8. The molecule has 0 spiro atoms. The van der Waals surface area contributed by atoms with E-state index in [1.54, 1.807) is 12.4 Å². The highest BCUT2D eigenvalue weighted by molar-refractivity contribution is 5.55. The molecule has 0 saturated carbocycles. The molecule has 0 aliphatic carbocycles. The number of aromatic nitrogens is 2. The second kappa shape index (κ2) is 11.2. The molecule has 6 heteroatoms. The van der Waals surface area contributed by atoms with Gasteiger partial charge in [-0.05, 0) is 41.7 Å². The predicted molar refractivity (Wildman–Crippen MR) is 130 cm³/mol. The second-order valence-electron chi connectivity index (χ2n) is 8.45. The molecular formula is C28H29F2N3O. The highest BCUT2D eigenvalue weighted by Crippen LogP contribution is 2.26. The lowest BCUT2D eigenvalue weighted by Gasteiger charge is -2.27. The Kier molecular flexibility index (Phi) is 7.83. The fraction of sp³-hybridized carbons (Fsp3) is 0.250. The molecule has 176 valence electrons. The normalized spacial score (nSPS) is 13.1. The predicted octanol–water partition coefficient (Wildman–Crippen LogP) is 5.33. The minimum Gasteiger partial charge on any atom is -0.390 e. The summed E-state index contributed by atoms with van der Waals surface area (Å²) in [5.74, 6) is -0.575. The van der Waals surface area contributed by atoms with Crippen molar-refractivity contribution < 1.29 is 13.9 Å². The SMILES string of the molecule is CCc1cccc(CNC[C@H](O)[C@H](Cc2cc(F)cc(F)c2)n2ccnc2-c2ccccc2)c1. The molecule has 4 nitrogen and oxygen atoms in total. The molecule has 4 rings (SSSR count). The van der Waals surface area contributed by atoms with Crippen molar-refractivity contribution in [1.82, 2.24) is 14.9 Å². The number of hydrogen-bond acceptors (Lipinski definition) is 3. The number of rotatable bonds is 10. The summed E-state index contributed by atoms with van der Waals surface area (Å²) < 4.78 is 29.7. The summed E-state index contributed by atoms with van der Waals surface area (Å²) in [4.78, 5) is 4.50. The summed E-state index contributed by atoms with van der Waals surface area (Å²) in [6, 6.07) is 21.0. The zero-order valence-corrected chi connectivity index (χ0v) is 19.2. The van der Waals surface area contributed by atoms with Gasteiger partial charge >= 0.3 is 0 Å². The Bertz CT molecular complexity index is 1190. The van der Waals surface area contributed by atoms with Gasteiger partial charge < -0.3 is 15.0 Å². The second-order valence-corrected chi connectivity index (χ2v) is 8.45. The van der Waals surface area contributed by atoms with Gasteiger partial charge in [-0.3, -0.25) is 0 Å². The topological polar surface area (TPSA) is 50.1 Å². The van der Waals surface area contributed by atoms with Crippen molar-refractivity contribution >= 4 is 0 Å². The minimum atomic E-state index is -0.822. The number of halogens is 2. The van der Waals surface area contributed by atoms with Gasteiger partial charge in [0.05, 0.1) is 12.1 Å². The molecule has 0 fully saturated rings. The van der Waals surface area contributed by atoms with Gasteiger partial charge in [-0.15, -0.1) is 0 Å². The highest BCUT2D eigenvalue weighted by atomic mass is 19.1. The average molecular weight is 462 g/mol. The van der Waals surface area contributed by atoms with Crippen molar-refractivity contribution in [3.63, 3.8) is 0 Å². The molecule has 1 aromatic heterocycles. The standard InChI is InChI=1S/C28H29F2N3O/c1-2-20-7-6-8-21(13-20)18-31-19-27(34)26(16-22-14-24(29)17-25(30)15-22)33-12-11-32-28(33)23-9-4-3-5-10-23/h3-15,17,26-27,31,34H,2,16,18-19H2,1H3/t26-,27-/m0/s1. The largest absolute Gasteiger partial charge is 0.390 e. The van der Waals surface area contributed by atoms with Crippen LogP contribution in [0.3, 0.4) is 0 Å². The van der Waals surface area contributed by atoms with Gasteiger partial charge in [0.25, 0.3) is 0 Å². The van der Waals surface area contributed by atoms with Gasteiger partial charge in [0, 0.05) is 37.1 Å². The fourth-order valence-corrected chi connectivity index (χ4v) is 4.24. The van der Waals surface area contributed by atoms with E-state index in [4.69, 9.17) is 0 Å². The van der Waals surface area contributed by atoms with E-state index in [1.807, 2.05) is 41.0 Å². The Hall–Kier alpha value is -3.35. The van der Waals surface area contributed by atoms with Crippen LogP contribution in [0.5, 0.6) is 0 Å². The quantitative estimate of drug-likeness (QED) is 0.336. The van der Waals surface area contributed by atoms with Crippen LogP contribution in [0.2, 0.25) is 0 Å². The molecule has 0 bridgehead atoms. The van der Waals surface area contributed by atoms with Crippen LogP contribution in [0.15, 0.2) is 85.2 Å². The average Bonchev–Trinajstić information content (AvgIpc) is 3.32. The molecule has 0 aliphatic heterocycles. The summed E-state index contributed by atoms with van der Waals surface area (Å²) in [5.41, 5.74) is 3.78. The summed E-state index contributed by atoms with van der Waals surface area (Å²) >= 11 is 0. The first-order chi connectivity index (χ1) is 16.5. The molecule has 0 amide bonds.